The van der Waals surface area contributed by atoms with Crippen molar-refractivity contribution >= 4 is 0 Å². The van der Waals surface area contributed by atoms with Crippen molar-refractivity contribution in [3.8, 4) is 0 Å². The highest BCUT2D eigenvalue weighted by Crippen LogP contribution is 2.26. The predicted octanol–water partition coefficient (Wildman–Crippen LogP) is 4.75. The molecule has 4 nitrogen and oxygen atoms in total. The lowest BCUT2D eigenvalue weighted by atomic mass is 10.0. The molecule has 3 aromatic rings. The molecular weight excluding hydrogens is 416 g/mol. The maximum Gasteiger partial charge on any atom is 0.0479 e. The van der Waals surface area contributed by atoms with Crippen molar-refractivity contribution in [3.63, 3.8) is 0 Å². The lowest BCUT2D eigenvalue weighted by Crippen LogP contribution is -2.46. The van der Waals surface area contributed by atoms with Crippen LogP contribution in [0, 0.1) is 6.92 Å². The summed E-state index contributed by atoms with van der Waals surface area (Å²) in [5.41, 5.74) is 5.56. The van der Waals surface area contributed by atoms with Crippen LogP contribution in [-0.2, 0) is 6.54 Å². The molecule has 0 spiro atoms. The Kier molecular flexibility index (Phi) is 8.89. The van der Waals surface area contributed by atoms with Crippen molar-refractivity contribution in [2.45, 2.75) is 25.6 Å². The van der Waals surface area contributed by atoms with Gasteiger partial charge in [0.05, 0.1) is 0 Å². The lowest BCUT2D eigenvalue weighted by molar-refractivity contribution is 0.0834. The monoisotopic (exact) mass is 456 g/mol. The molecule has 2 saturated heterocycles. The summed E-state index contributed by atoms with van der Waals surface area (Å²) in [5.74, 6) is 0. The van der Waals surface area contributed by atoms with E-state index in [1.54, 1.807) is 0 Å². The summed E-state index contributed by atoms with van der Waals surface area (Å²) >= 11 is 0. The van der Waals surface area contributed by atoms with Crippen LogP contribution >= 0.6 is 0 Å². The van der Waals surface area contributed by atoms with Crippen molar-refractivity contribution in [1.29, 1.82) is 0 Å². The Morgan fingerprint density at radius 3 is 1.97 bits per heavy atom. The first-order valence-electron chi connectivity index (χ1n) is 12.6. The number of hydrogen-bond donors (Lipinski definition) is 1. The van der Waals surface area contributed by atoms with E-state index in [-0.39, 0.29) is 0 Å². The highest BCUT2D eigenvalue weighted by atomic mass is 15.3. The molecule has 2 atom stereocenters. The van der Waals surface area contributed by atoms with Gasteiger partial charge in [-0.2, -0.15) is 0 Å². The van der Waals surface area contributed by atoms with E-state index in [1.807, 2.05) is 0 Å². The standard InChI is InChI=1S/C19H24N2.C11H16N2/c1-16-8-10-17(11-9-16)14-21-13-12-20(2)15-19(21)18-6-4-3-5-7-18;1-13-8-7-12-11(9-13)10-5-3-2-4-6-10/h3-11,19H,12-15H2,1-2H3;2-6,11-12H,7-9H2,1H3. The van der Waals surface area contributed by atoms with Gasteiger partial charge in [-0.25, -0.2) is 0 Å². The number of rotatable bonds is 4. The number of nitrogens with zero attached hydrogens (tertiary/aromatic N) is 3. The lowest BCUT2D eigenvalue weighted by Gasteiger charge is -2.40. The fourth-order valence-corrected chi connectivity index (χ4v) is 4.87. The summed E-state index contributed by atoms with van der Waals surface area (Å²) in [6, 6.07) is 31.5. The van der Waals surface area contributed by atoms with E-state index in [0.717, 1.165) is 45.8 Å². The fourth-order valence-electron chi connectivity index (χ4n) is 4.87. The van der Waals surface area contributed by atoms with Crippen molar-refractivity contribution in [1.82, 2.24) is 20.0 Å². The minimum Gasteiger partial charge on any atom is -0.308 e. The van der Waals surface area contributed by atoms with Gasteiger partial charge in [0.2, 0.25) is 0 Å². The van der Waals surface area contributed by atoms with Crippen molar-refractivity contribution < 1.29 is 0 Å². The second-order valence-electron chi connectivity index (χ2n) is 9.82. The molecule has 2 aliphatic rings. The normalized spacial score (nSPS) is 22.1. The van der Waals surface area contributed by atoms with E-state index in [0.29, 0.717) is 12.1 Å². The number of piperazine rings is 2. The molecule has 2 fully saturated rings. The summed E-state index contributed by atoms with van der Waals surface area (Å²) < 4.78 is 0. The Morgan fingerprint density at radius 1 is 0.706 bits per heavy atom. The molecule has 0 saturated carbocycles. The van der Waals surface area contributed by atoms with Crippen LogP contribution in [0.5, 0.6) is 0 Å². The van der Waals surface area contributed by atoms with Crippen LogP contribution in [0.25, 0.3) is 0 Å². The smallest absolute Gasteiger partial charge is 0.0479 e. The van der Waals surface area contributed by atoms with Crippen LogP contribution < -0.4 is 5.32 Å². The molecule has 0 bridgehead atoms. The molecule has 1 N–H and O–H groups in total. The summed E-state index contributed by atoms with van der Waals surface area (Å²) in [7, 11) is 4.40. The Bertz CT molecular complexity index is 974. The van der Waals surface area contributed by atoms with Gasteiger partial charge in [-0.3, -0.25) is 4.90 Å². The number of nitrogens with one attached hydrogen (secondary N) is 1. The maximum atomic E-state index is 3.52. The molecule has 0 amide bonds. The molecule has 180 valence electrons. The van der Waals surface area contributed by atoms with Crippen LogP contribution in [0.4, 0.5) is 0 Å². The van der Waals surface area contributed by atoms with Gasteiger partial charge in [-0.1, -0.05) is 90.5 Å². The third kappa shape index (κ3) is 7.00. The topological polar surface area (TPSA) is 21.8 Å². The number of likely N-dealkylation sites (N-methyl/N-ethyl adjacent to an activating group) is 2. The van der Waals surface area contributed by atoms with Gasteiger partial charge in [-0.15, -0.1) is 0 Å². The second kappa shape index (κ2) is 12.3. The Morgan fingerprint density at radius 2 is 1.32 bits per heavy atom. The van der Waals surface area contributed by atoms with Crippen molar-refractivity contribution in [2.24, 2.45) is 0 Å². The molecule has 3 aromatic carbocycles. The molecule has 34 heavy (non-hydrogen) atoms. The quantitative estimate of drug-likeness (QED) is 0.612. The molecule has 2 heterocycles. The summed E-state index contributed by atoms with van der Waals surface area (Å²) in [6.45, 7) is 9.93. The highest BCUT2D eigenvalue weighted by molar-refractivity contribution is 5.24. The number of hydrogen-bond acceptors (Lipinski definition) is 4. The molecule has 2 unspecified atom stereocenters. The van der Waals surface area contributed by atoms with Gasteiger partial charge in [0, 0.05) is 57.9 Å². The predicted molar refractivity (Wildman–Crippen MR) is 143 cm³/mol. The van der Waals surface area contributed by atoms with Gasteiger partial charge in [0.15, 0.2) is 0 Å². The summed E-state index contributed by atoms with van der Waals surface area (Å²) in [4.78, 5) is 7.41. The van der Waals surface area contributed by atoms with E-state index >= 15 is 0 Å². The first kappa shape index (κ1) is 24.6. The largest absolute Gasteiger partial charge is 0.308 e. The van der Waals surface area contributed by atoms with E-state index in [4.69, 9.17) is 0 Å². The fraction of sp³-hybridized carbons (Fsp3) is 0.400. The van der Waals surface area contributed by atoms with Gasteiger partial charge in [-0.05, 0) is 37.7 Å². The van der Waals surface area contributed by atoms with E-state index in [1.165, 1.54) is 22.3 Å². The first-order chi connectivity index (χ1) is 16.6. The zero-order valence-corrected chi connectivity index (χ0v) is 21.0. The zero-order valence-electron chi connectivity index (χ0n) is 21.0. The van der Waals surface area contributed by atoms with Gasteiger partial charge in [0.25, 0.3) is 0 Å². The minimum absolute atomic E-state index is 0.492. The van der Waals surface area contributed by atoms with Crippen LogP contribution in [0.3, 0.4) is 0 Å². The number of aryl methyl sites for hydroxylation is 1. The first-order valence-corrected chi connectivity index (χ1v) is 12.6. The second-order valence-corrected chi connectivity index (χ2v) is 9.82. The molecule has 5 rings (SSSR count). The van der Waals surface area contributed by atoms with Gasteiger partial charge in [0.1, 0.15) is 0 Å². The SMILES string of the molecule is CN1CCNC(c2ccccc2)C1.Cc1ccc(CN2CCN(C)CC2c2ccccc2)cc1. The zero-order chi connectivity index (χ0) is 23.8. The van der Waals surface area contributed by atoms with Crippen LogP contribution in [0.2, 0.25) is 0 Å². The molecular formula is C30H40N4. The van der Waals surface area contributed by atoms with Gasteiger partial charge < -0.3 is 15.1 Å². The van der Waals surface area contributed by atoms with Crippen LogP contribution in [0.15, 0.2) is 84.9 Å². The molecule has 0 aliphatic carbocycles. The molecule has 2 aliphatic heterocycles. The molecule has 4 heteroatoms. The minimum atomic E-state index is 0.492. The van der Waals surface area contributed by atoms with Crippen LogP contribution in [0.1, 0.15) is 34.3 Å². The van der Waals surface area contributed by atoms with Crippen molar-refractivity contribution in [2.75, 3.05) is 53.4 Å². The Balaban J connectivity index is 0.000000180. The van der Waals surface area contributed by atoms with E-state index < -0.39 is 0 Å². The highest BCUT2D eigenvalue weighted by Gasteiger charge is 2.26. The average Bonchev–Trinajstić information content (AvgIpc) is 2.88. The summed E-state index contributed by atoms with van der Waals surface area (Å²) in [5, 5.41) is 3.52. The third-order valence-electron chi connectivity index (χ3n) is 6.97. The Hall–Kier alpha value is -2.50. The van der Waals surface area contributed by atoms with E-state index in [2.05, 4.69) is 126 Å². The van der Waals surface area contributed by atoms with E-state index in [9.17, 15) is 0 Å². The number of benzene rings is 3. The van der Waals surface area contributed by atoms with Crippen LogP contribution in [-0.4, -0.2) is 68.1 Å². The molecule has 0 radical (unpaired) electrons. The average molecular weight is 457 g/mol. The summed E-state index contributed by atoms with van der Waals surface area (Å²) in [6.07, 6.45) is 0. The molecule has 0 aromatic heterocycles. The third-order valence-corrected chi connectivity index (χ3v) is 6.97. The Labute approximate surface area is 206 Å². The van der Waals surface area contributed by atoms with Gasteiger partial charge >= 0.3 is 0 Å². The van der Waals surface area contributed by atoms with Crippen molar-refractivity contribution in [3.05, 3.63) is 107 Å². The maximum absolute atomic E-state index is 3.52.